The van der Waals surface area contributed by atoms with E-state index in [0.717, 1.165) is 72.1 Å². The van der Waals surface area contributed by atoms with Gasteiger partial charge in [-0.1, -0.05) is 170 Å². The molecule has 12 aromatic rings. The van der Waals surface area contributed by atoms with E-state index >= 15 is 0 Å². The van der Waals surface area contributed by atoms with Crippen molar-refractivity contribution < 1.29 is 4.42 Å². The molecule has 0 N–H and O–H groups in total. The maximum absolute atomic E-state index is 6.78. The van der Waals surface area contributed by atoms with E-state index in [2.05, 4.69) is 240 Å². The maximum Gasteiger partial charge on any atom is 0.143 e. The number of fused-ring (bicyclic) bond motifs is 8. The standard InChI is InChI=1S/C58H38N2O/c1-3-14-39(15-4-1)41-28-30-42(31-29-41)43-32-35-46(36-33-43)59(54-26-13-27-55-57(54)50-37-34-44-18-7-8-21-48(44)58(50)61-55)52-24-12-25-53-56(52)49-22-9-10-23-51(49)60(53)47-20-11-19-45(38-47)40-16-5-2-6-17-40/h1-38H. The predicted octanol–water partition coefficient (Wildman–Crippen LogP) is 16.3. The van der Waals surface area contributed by atoms with Crippen molar-refractivity contribution in [3.05, 3.63) is 231 Å². The van der Waals surface area contributed by atoms with Crippen LogP contribution in [0.4, 0.5) is 17.1 Å². The Bertz CT molecular complexity index is 3560. The topological polar surface area (TPSA) is 21.3 Å². The highest BCUT2D eigenvalue weighted by Crippen LogP contribution is 2.48. The van der Waals surface area contributed by atoms with Gasteiger partial charge in [-0.15, -0.1) is 0 Å². The number of hydrogen-bond acceptors (Lipinski definition) is 2. The van der Waals surface area contributed by atoms with Crippen molar-refractivity contribution in [2.45, 2.75) is 0 Å². The second-order valence-corrected chi connectivity index (χ2v) is 15.7. The molecule has 3 nitrogen and oxygen atoms in total. The molecule has 0 saturated heterocycles. The SMILES string of the molecule is c1ccc(-c2ccc(-c3ccc(N(c4cccc5oc6c7ccccc7ccc6c45)c4cccc5c4c4ccccc4n5-c4cccc(-c5ccccc5)c4)cc3)cc2)cc1. The van der Waals surface area contributed by atoms with E-state index in [1.165, 1.54) is 38.6 Å². The Morgan fingerprint density at radius 3 is 1.62 bits per heavy atom. The molecule has 3 heteroatoms. The molecule has 0 aliphatic heterocycles. The Hall–Kier alpha value is -8.14. The van der Waals surface area contributed by atoms with Crippen LogP contribution in [0.2, 0.25) is 0 Å². The summed E-state index contributed by atoms with van der Waals surface area (Å²) in [6.45, 7) is 0. The second-order valence-electron chi connectivity index (χ2n) is 15.7. The Morgan fingerprint density at radius 1 is 0.344 bits per heavy atom. The normalized spacial score (nSPS) is 11.6. The summed E-state index contributed by atoms with van der Waals surface area (Å²) < 4.78 is 9.20. The van der Waals surface area contributed by atoms with Crippen molar-refractivity contribution in [1.29, 1.82) is 0 Å². The van der Waals surface area contributed by atoms with Crippen molar-refractivity contribution in [1.82, 2.24) is 4.57 Å². The van der Waals surface area contributed by atoms with Gasteiger partial charge in [0, 0.05) is 32.9 Å². The zero-order chi connectivity index (χ0) is 40.3. The molecule has 2 aromatic heterocycles. The average molecular weight is 779 g/mol. The number of hydrogen-bond donors (Lipinski definition) is 0. The zero-order valence-electron chi connectivity index (χ0n) is 33.2. The van der Waals surface area contributed by atoms with Crippen LogP contribution in [0.15, 0.2) is 235 Å². The van der Waals surface area contributed by atoms with Crippen LogP contribution in [0.5, 0.6) is 0 Å². The summed E-state index contributed by atoms with van der Waals surface area (Å²) in [6, 6.07) is 82.9. The molecule has 0 aliphatic rings. The largest absolute Gasteiger partial charge is 0.455 e. The fourth-order valence-electron chi connectivity index (χ4n) is 9.34. The molecule has 0 aliphatic carbocycles. The van der Waals surface area contributed by atoms with Gasteiger partial charge < -0.3 is 13.9 Å². The van der Waals surface area contributed by atoms with E-state index in [9.17, 15) is 0 Å². The molecule has 0 unspecified atom stereocenters. The molecule has 10 aromatic carbocycles. The lowest BCUT2D eigenvalue weighted by molar-refractivity contribution is 0.672. The third-order valence-corrected chi connectivity index (χ3v) is 12.2. The highest BCUT2D eigenvalue weighted by molar-refractivity contribution is 6.22. The molecular formula is C58H38N2O. The summed E-state index contributed by atoms with van der Waals surface area (Å²) in [5, 5.41) is 6.82. The third kappa shape index (κ3) is 5.82. The Balaban J connectivity index is 1.08. The van der Waals surface area contributed by atoms with Gasteiger partial charge in [-0.05, 0) is 99.4 Å². The number of aromatic nitrogens is 1. The van der Waals surface area contributed by atoms with Gasteiger partial charge in [0.25, 0.3) is 0 Å². The van der Waals surface area contributed by atoms with Gasteiger partial charge in [0.1, 0.15) is 11.2 Å². The van der Waals surface area contributed by atoms with Gasteiger partial charge in [-0.25, -0.2) is 0 Å². The first-order valence-corrected chi connectivity index (χ1v) is 20.8. The highest BCUT2D eigenvalue weighted by atomic mass is 16.3. The Morgan fingerprint density at radius 2 is 0.885 bits per heavy atom. The van der Waals surface area contributed by atoms with E-state index in [4.69, 9.17) is 4.42 Å². The number of nitrogens with zero attached hydrogens (tertiary/aromatic N) is 2. The summed E-state index contributed by atoms with van der Waals surface area (Å²) in [7, 11) is 0. The van der Waals surface area contributed by atoms with E-state index in [1.54, 1.807) is 0 Å². The van der Waals surface area contributed by atoms with Crippen LogP contribution in [0.1, 0.15) is 0 Å². The summed E-state index contributed by atoms with van der Waals surface area (Å²) >= 11 is 0. The lowest BCUT2D eigenvalue weighted by atomic mass is 9.99. The fraction of sp³-hybridized carbons (Fsp3) is 0. The summed E-state index contributed by atoms with van der Waals surface area (Å²) in [6.07, 6.45) is 0. The number of furan rings is 1. The van der Waals surface area contributed by atoms with Crippen LogP contribution in [-0.2, 0) is 0 Å². The van der Waals surface area contributed by atoms with Crippen LogP contribution < -0.4 is 4.90 Å². The quantitative estimate of drug-likeness (QED) is 0.161. The molecule has 2 heterocycles. The Kier molecular flexibility index (Phi) is 8.17. The molecule has 286 valence electrons. The molecule has 0 fully saturated rings. The minimum Gasteiger partial charge on any atom is -0.455 e. The first kappa shape index (κ1) is 34.9. The number of benzene rings is 10. The Labute approximate surface area is 353 Å². The lowest BCUT2D eigenvalue weighted by Crippen LogP contribution is -2.11. The molecule has 12 rings (SSSR count). The highest BCUT2D eigenvalue weighted by Gasteiger charge is 2.24. The van der Waals surface area contributed by atoms with Crippen LogP contribution in [-0.4, -0.2) is 4.57 Å². The molecule has 0 amide bonds. The summed E-state index contributed by atoms with van der Waals surface area (Å²) in [5.41, 5.74) is 15.5. The minimum absolute atomic E-state index is 0.858. The first-order chi connectivity index (χ1) is 30.3. The molecule has 0 bridgehead atoms. The van der Waals surface area contributed by atoms with Gasteiger partial charge in [0.2, 0.25) is 0 Å². The van der Waals surface area contributed by atoms with Crippen LogP contribution in [0.3, 0.4) is 0 Å². The van der Waals surface area contributed by atoms with Gasteiger partial charge in [0.05, 0.1) is 27.8 Å². The van der Waals surface area contributed by atoms with E-state index in [1.807, 2.05) is 0 Å². The van der Waals surface area contributed by atoms with Crippen LogP contribution in [0, 0.1) is 0 Å². The zero-order valence-corrected chi connectivity index (χ0v) is 33.2. The summed E-state index contributed by atoms with van der Waals surface area (Å²) in [4.78, 5) is 2.44. The van der Waals surface area contributed by atoms with Gasteiger partial charge >= 0.3 is 0 Å². The summed E-state index contributed by atoms with van der Waals surface area (Å²) in [5.74, 6) is 0. The number of para-hydroxylation sites is 1. The molecule has 0 spiro atoms. The predicted molar refractivity (Wildman–Crippen MR) is 257 cm³/mol. The van der Waals surface area contributed by atoms with Crippen molar-refractivity contribution in [3.8, 4) is 39.1 Å². The minimum atomic E-state index is 0.858. The van der Waals surface area contributed by atoms with Crippen molar-refractivity contribution in [2.75, 3.05) is 4.90 Å². The molecular weight excluding hydrogens is 741 g/mol. The fourth-order valence-corrected chi connectivity index (χ4v) is 9.34. The van der Waals surface area contributed by atoms with Crippen molar-refractivity contribution >= 4 is 71.6 Å². The maximum atomic E-state index is 6.78. The molecule has 61 heavy (non-hydrogen) atoms. The number of rotatable bonds is 7. The van der Waals surface area contributed by atoms with Crippen LogP contribution >= 0.6 is 0 Å². The van der Waals surface area contributed by atoms with Crippen molar-refractivity contribution in [3.63, 3.8) is 0 Å². The first-order valence-electron chi connectivity index (χ1n) is 20.8. The monoisotopic (exact) mass is 778 g/mol. The van der Waals surface area contributed by atoms with E-state index < -0.39 is 0 Å². The molecule has 0 radical (unpaired) electrons. The van der Waals surface area contributed by atoms with E-state index in [-0.39, 0.29) is 0 Å². The smallest absolute Gasteiger partial charge is 0.143 e. The van der Waals surface area contributed by atoms with Gasteiger partial charge in [-0.3, -0.25) is 0 Å². The second kappa shape index (κ2) is 14.3. The molecule has 0 atom stereocenters. The van der Waals surface area contributed by atoms with Gasteiger partial charge in [0.15, 0.2) is 0 Å². The van der Waals surface area contributed by atoms with Gasteiger partial charge in [-0.2, -0.15) is 0 Å². The third-order valence-electron chi connectivity index (χ3n) is 12.2. The van der Waals surface area contributed by atoms with E-state index in [0.29, 0.717) is 0 Å². The van der Waals surface area contributed by atoms with Crippen LogP contribution in [0.25, 0.3) is 93.6 Å². The average Bonchev–Trinajstić information content (AvgIpc) is 3.90. The lowest BCUT2D eigenvalue weighted by Gasteiger charge is -2.27. The number of anilines is 3. The molecule has 0 saturated carbocycles. The van der Waals surface area contributed by atoms with Crippen molar-refractivity contribution in [2.24, 2.45) is 0 Å².